The van der Waals surface area contributed by atoms with E-state index in [1.807, 2.05) is 11.0 Å². The molecule has 1 aromatic rings. The highest BCUT2D eigenvalue weighted by Gasteiger charge is 2.20. The molecule has 0 atom stereocenters. The molecule has 1 aromatic carbocycles. The second-order valence-corrected chi connectivity index (χ2v) is 6.68. The predicted molar refractivity (Wildman–Crippen MR) is 97.5 cm³/mol. The number of amides is 1. The average molecular weight is 436 g/mol. The van der Waals surface area contributed by atoms with Gasteiger partial charge < -0.3 is 15.3 Å². The molecule has 7 heteroatoms. The highest BCUT2D eigenvalue weighted by atomic mass is 127. The van der Waals surface area contributed by atoms with Gasteiger partial charge in [-0.25, -0.2) is 0 Å². The van der Waals surface area contributed by atoms with E-state index in [9.17, 15) is 9.90 Å². The number of nitrogens with one attached hydrogen (secondary N) is 1. The van der Waals surface area contributed by atoms with Crippen LogP contribution in [-0.4, -0.2) is 60.1 Å². The van der Waals surface area contributed by atoms with E-state index in [2.05, 4.69) is 39.4 Å². The van der Waals surface area contributed by atoms with Gasteiger partial charge >= 0.3 is 0 Å². The Labute approximate surface area is 149 Å². The lowest BCUT2D eigenvalue weighted by molar-refractivity contribution is -0.130. The molecule has 0 bridgehead atoms. The Kier molecular flexibility index (Phi) is 6.34. The first-order valence-electron chi connectivity index (χ1n) is 7.04. The third kappa shape index (κ3) is 4.50. The summed E-state index contributed by atoms with van der Waals surface area (Å²) in [5, 5.41) is 13.3. The predicted octanol–water partition coefficient (Wildman–Crippen LogP) is 2.39. The summed E-state index contributed by atoms with van der Waals surface area (Å²) in [6, 6.07) is 3.21. The molecule has 1 heterocycles. The summed E-state index contributed by atoms with van der Waals surface area (Å²) in [6.07, 6.45) is 1.88. The summed E-state index contributed by atoms with van der Waals surface area (Å²) < 4.78 is 0.824. The van der Waals surface area contributed by atoms with Gasteiger partial charge in [0.25, 0.3) is 0 Å². The average Bonchev–Trinajstić information content (AvgIpc) is 2.50. The van der Waals surface area contributed by atoms with Crippen molar-refractivity contribution in [3.8, 4) is 5.75 Å². The van der Waals surface area contributed by atoms with Crippen LogP contribution in [0, 0.1) is 3.57 Å². The number of aromatic hydroxyl groups is 1. The lowest BCUT2D eigenvalue weighted by atomic mass is 10.2. The molecular formula is C15H19ClIN3O2. The summed E-state index contributed by atoms with van der Waals surface area (Å²) in [7, 11) is 0. The lowest BCUT2D eigenvalue weighted by Gasteiger charge is -2.34. The van der Waals surface area contributed by atoms with Gasteiger partial charge in [-0.1, -0.05) is 17.7 Å². The van der Waals surface area contributed by atoms with E-state index in [0.717, 1.165) is 36.3 Å². The first-order chi connectivity index (χ1) is 10.5. The third-order valence-corrected chi connectivity index (χ3v) is 5.11. The molecule has 5 nitrogen and oxygen atoms in total. The zero-order valence-electron chi connectivity index (χ0n) is 12.2. The number of hydrogen-bond acceptors (Lipinski definition) is 4. The monoisotopic (exact) mass is 435 g/mol. The highest BCUT2D eigenvalue weighted by Crippen LogP contribution is 2.31. The quantitative estimate of drug-likeness (QED) is 0.424. The van der Waals surface area contributed by atoms with Crippen molar-refractivity contribution in [2.45, 2.75) is 0 Å². The maximum Gasteiger partial charge on any atom is 0.241 e. The summed E-state index contributed by atoms with van der Waals surface area (Å²) in [5.74, 6) is 0.0802. The van der Waals surface area contributed by atoms with Crippen molar-refractivity contribution in [2.75, 3.05) is 44.6 Å². The van der Waals surface area contributed by atoms with Crippen molar-refractivity contribution in [3.05, 3.63) is 33.4 Å². The number of hydrogen-bond donors (Lipinski definition) is 2. The number of anilines is 1. The number of carbonyl (C=O) groups is 1. The van der Waals surface area contributed by atoms with Gasteiger partial charge in [-0.3, -0.25) is 9.69 Å². The van der Waals surface area contributed by atoms with Gasteiger partial charge in [-0.15, -0.1) is 6.58 Å². The van der Waals surface area contributed by atoms with E-state index in [1.165, 1.54) is 6.07 Å². The lowest BCUT2D eigenvalue weighted by Crippen LogP contribution is -2.50. The minimum Gasteiger partial charge on any atom is -0.506 e. The molecule has 1 fully saturated rings. The number of benzene rings is 1. The number of rotatable bonds is 5. The van der Waals surface area contributed by atoms with Gasteiger partial charge in [0.1, 0.15) is 5.75 Å². The molecule has 0 aromatic heterocycles. The zero-order valence-corrected chi connectivity index (χ0v) is 15.1. The van der Waals surface area contributed by atoms with Gasteiger partial charge in [-0.2, -0.15) is 0 Å². The Balaban J connectivity index is 1.86. The zero-order chi connectivity index (χ0) is 16.1. The molecule has 0 saturated carbocycles. The summed E-state index contributed by atoms with van der Waals surface area (Å²) >= 11 is 8.01. The molecule has 0 spiro atoms. The van der Waals surface area contributed by atoms with Crippen LogP contribution >= 0.6 is 34.2 Å². The number of carbonyl (C=O) groups excluding carboxylic acids is 1. The third-order valence-electron chi connectivity index (χ3n) is 3.58. The standard InChI is InChI=1S/C15H19ClIN3O2/c1-2-3-19-4-6-20(7-5-19)15(22)10-18-13-9-12(17)11(16)8-14(13)21/h2,8-9,18,21H,1,3-7,10H2. The van der Waals surface area contributed by atoms with E-state index in [4.69, 9.17) is 11.6 Å². The van der Waals surface area contributed by atoms with E-state index in [0.29, 0.717) is 10.7 Å². The fraction of sp³-hybridized carbons (Fsp3) is 0.400. The van der Waals surface area contributed by atoms with Gasteiger partial charge in [0.15, 0.2) is 0 Å². The van der Waals surface area contributed by atoms with Gasteiger partial charge in [0.2, 0.25) is 5.91 Å². The van der Waals surface area contributed by atoms with Crippen molar-refractivity contribution < 1.29 is 9.90 Å². The van der Waals surface area contributed by atoms with E-state index < -0.39 is 0 Å². The second-order valence-electron chi connectivity index (χ2n) is 5.11. The summed E-state index contributed by atoms with van der Waals surface area (Å²) in [4.78, 5) is 16.3. The molecule has 1 aliphatic heterocycles. The maximum absolute atomic E-state index is 12.2. The normalized spacial score (nSPS) is 15.6. The smallest absolute Gasteiger partial charge is 0.241 e. The van der Waals surface area contributed by atoms with Crippen LogP contribution in [0.15, 0.2) is 24.8 Å². The molecule has 0 radical (unpaired) electrons. The fourth-order valence-corrected chi connectivity index (χ4v) is 2.95. The molecule has 1 aliphatic rings. The summed E-state index contributed by atoms with van der Waals surface area (Å²) in [5.41, 5.74) is 0.521. The summed E-state index contributed by atoms with van der Waals surface area (Å²) in [6.45, 7) is 7.91. The van der Waals surface area contributed by atoms with Crippen LogP contribution in [0.1, 0.15) is 0 Å². The molecule has 0 aliphatic carbocycles. The highest BCUT2D eigenvalue weighted by molar-refractivity contribution is 14.1. The van der Waals surface area contributed by atoms with Crippen molar-refractivity contribution >= 4 is 45.8 Å². The fourth-order valence-electron chi connectivity index (χ4n) is 2.32. The van der Waals surface area contributed by atoms with Gasteiger partial charge in [-0.05, 0) is 28.7 Å². The SMILES string of the molecule is C=CCN1CCN(C(=O)CNc2cc(I)c(Cl)cc2O)CC1. The molecule has 2 rings (SSSR count). The van der Waals surface area contributed by atoms with Crippen LogP contribution < -0.4 is 5.32 Å². The number of phenols is 1. The van der Waals surface area contributed by atoms with Gasteiger partial charge in [0.05, 0.1) is 17.3 Å². The molecule has 1 amide bonds. The van der Waals surface area contributed by atoms with Gasteiger partial charge in [0, 0.05) is 42.4 Å². The van der Waals surface area contributed by atoms with Crippen molar-refractivity contribution in [2.24, 2.45) is 0 Å². The number of phenolic OH excluding ortho intramolecular Hbond substituents is 1. The molecule has 1 saturated heterocycles. The topological polar surface area (TPSA) is 55.8 Å². The first-order valence-corrected chi connectivity index (χ1v) is 8.50. The van der Waals surface area contributed by atoms with Crippen LogP contribution in [-0.2, 0) is 4.79 Å². The Morgan fingerprint density at radius 1 is 1.41 bits per heavy atom. The number of nitrogens with zero attached hydrogens (tertiary/aromatic N) is 2. The molecule has 2 N–H and O–H groups in total. The minimum absolute atomic E-state index is 0.0302. The van der Waals surface area contributed by atoms with Crippen LogP contribution in [0.25, 0.3) is 0 Å². The van der Waals surface area contributed by atoms with Crippen LogP contribution in [0.4, 0.5) is 5.69 Å². The maximum atomic E-state index is 12.2. The molecular weight excluding hydrogens is 417 g/mol. The Bertz CT molecular complexity index is 560. The Morgan fingerprint density at radius 2 is 2.09 bits per heavy atom. The molecule has 0 unspecified atom stereocenters. The molecule has 22 heavy (non-hydrogen) atoms. The van der Waals surface area contributed by atoms with Crippen LogP contribution in [0.5, 0.6) is 5.75 Å². The van der Waals surface area contributed by atoms with Crippen LogP contribution in [0.2, 0.25) is 5.02 Å². The number of halogens is 2. The van der Waals surface area contributed by atoms with E-state index in [1.54, 1.807) is 6.07 Å². The Hall–Kier alpha value is -0.990. The van der Waals surface area contributed by atoms with E-state index in [-0.39, 0.29) is 18.2 Å². The van der Waals surface area contributed by atoms with Crippen LogP contribution in [0.3, 0.4) is 0 Å². The molecule has 120 valence electrons. The minimum atomic E-state index is 0.0302. The number of piperazine rings is 1. The first kappa shape index (κ1) is 17.4. The van der Waals surface area contributed by atoms with Crippen molar-refractivity contribution in [1.82, 2.24) is 9.80 Å². The Morgan fingerprint density at radius 3 is 2.73 bits per heavy atom. The van der Waals surface area contributed by atoms with E-state index >= 15 is 0 Å². The second kappa shape index (κ2) is 8.03. The van der Waals surface area contributed by atoms with Crippen molar-refractivity contribution in [1.29, 1.82) is 0 Å². The van der Waals surface area contributed by atoms with Crippen molar-refractivity contribution in [3.63, 3.8) is 0 Å². The largest absolute Gasteiger partial charge is 0.506 e.